The van der Waals surface area contributed by atoms with Gasteiger partial charge in [-0.05, 0) is 63.0 Å². The lowest BCUT2D eigenvalue weighted by Crippen LogP contribution is -2.42. The van der Waals surface area contributed by atoms with Crippen LogP contribution in [0.5, 0.6) is 0 Å². The highest BCUT2D eigenvalue weighted by Gasteiger charge is 2.38. The largest absolute Gasteiger partial charge is 0.391 e. The third-order valence-corrected chi connectivity index (χ3v) is 6.39. The van der Waals surface area contributed by atoms with Gasteiger partial charge in [0, 0.05) is 31.0 Å². The molecular weight excluding hydrogens is 402 g/mol. The fraction of sp³-hybridized carbons (Fsp3) is 0.462. The first kappa shape index (κ1) is 24.0. The molecule has 0 bridgehead atoms. The molecule has 0 aromatic heterocycles. The van der Waals surface area contributed by atoms with Crippen molar-refractivity contribution in [1.82, 2.24) is 15.5 Å². The quantitative estimate of drug-likeness (QED) is 0.582. The number of nitrogens with one attached hydrogen (secondary N) is 2. The number of carbonyl (C=O) groups is 2. The summed E-state index contributed by atoms with van der Waals surface area (Å²) >= 11 is 0. The number of amides is 2. The third-order valence-electron chi connectivity index (χ3n) is 6.39. The zero-order chi connectivity index (χ0) is 23.1. The number of hydrogen-bond donors (Lipinski definition) is 3. The van der Waals surface area contributed by atoms with E-state index in [4.69, 9.17) is 0 Å². The van der Waals surface area contributed by atoms with E-state index in [0.717, 1.165) is 30.5 Å². The van der Waals surface area contributed by atoms with Gasteiger partial charge < -0.3 is 20.6 Å². The monoisotopic (exact) mass is 437 g/mol. The van der Waals surface area contributed by atoms with Gasteiger partial charge in [-0.2, -0.15) is 0 Å². The van der Waals surface area contributed by atoms with Crippen LogP contribution in [0.1, 0.15) is 54.1 Å². The van der Waals surface area contributed by atoms with E-state index in [1.807, 2.05) is 56.6 Å². The molecule has 0 aliphatic heterocycles. The molecule has 0 heterocycles. The van der Waals surface area contributed by atoms with Crippen molar-refractivity contribution in [3.8, 4) is 0 Å². The van der Waals surface area contributed by atoms with Crippen LogP contribution < -0.4 is 10.6 Å². The van der Waals surface area contributed by atoms with Crippen LogP contribution in [0.3, 0.4) is 0 Å². The maximum Gasteiger partial charge on any atom is 0.251 e. The molecule has 1 aliphatic rings. The summed E-state index contributed by atoms with van der Waals surface area (Å²) in [7, 11) is 4.04. The molecule has 1 saturated carbocycles. The smallest absolute Gasteiger partial charge is 0.251 e. The van der Waals surface area contributed by atoms with Crippen molar-refractivity contribution in [2.45, 2.75) is 56.7 Å². The maximum atomic E-state index is 12.9. The van der Waals surface area contributed by atoms with Crippen LogP contribution >= 0.6 is 0 Å². The van der Waals surface area contributed by atoms with Crippen LogP contribution in [0.15, 0.2) is 54.6 Å². The van der Waals surface area contributed by atoms with Gasteiger partial charge in [-0.3, -0.25) is 9.59 Å². The molecule has 0 saturated heterocycles. The first-order valence-corrected chi connectivity index (χ1v) is 11.3. The predicted octanol–water partition coefficient (Wildman–Crippen LogP) is 2.86. The Morgan fingerprint density at radius 1 is 1.03 bits per heavy atom. The Bertz CT molecular complexity index is 898. The van der Waals surface area contributed by atoms with Crippen LogP contribution in [-0.4, -0.2) is 54.6 Å². The molecule has 3 rings (SSSR count). The molecule has 0 radical (unpaired) electrons. The molecular formula is C26H35N3O3. The molecule has 2 aromatic rings. The van der Waals surface area contributed by atoms with E-state index < -0.39 is 6.10 Å². The number of hydrogen-bond acceptors (Lipinski definition) is 4. The highest BCUT2D eigenvalue weighted by molar-refractivity contribution is 5.94. The Hall–Kier alpha value is -2.70. The van der Waals surface area contributed by atoms with Gasteiger partial charge in [-0.1, -0.05) is 42.5 Å². The van der Waals surface area contributed by atoms with Crippen molar-refractivity contribution in [3.05, 3.63) is 71.3 Å². The Morgan fingerprint density at radius 2 is 1.69 bits per heavy atom. The average Bonchev–Trinajstić information content (AvgIpc) is 2.92. The molecule has 3 atom stereocenters. The summed E-state index contributed by atoms with van der Waals surface area (Å²) in [6.45, 7) is 2.79. The van der Waals surface area contributed by atoms with Gasteiger partial charge in [-0.15, -0.1) is 0 Å². The Labute approximate surface area is 191 Å². The van der Waals surface area contributed by atoms with Gasteiger partial charge in [0.1, 0.15) is 0 Å². The van der Waals surface area contributed by atoms with Crippen LogP contribution in [0.4, 0.5) is 0 Å². The lowest BCUT2D eigenvalue weighted by Gasteiger charge is -2.34. The van der Waals surface area contributed by atoms with Crippen molar-refractivity contribution in [1.29, 1.82) is 0 Å². The zero-order valence-electron chi connectivity index (χ0n) is 19.3. The van der Waals surface area contributed by atoms with Crippen molar-refractivity contribution < 1.29 is 14.7 Å². The minimum absolute atomic E-state index is 0.0973. The van der Waals surface area contributed by atoms with Gasteiger partial charge in [0.05, 0.1) is 12.1 Å². The first-order chi connectivity index (χ1) is 15.3. The minimum Gasteiger partial charge on any atom is -0.391 e. The average molecular weight is 438 g/mol. The fourth-order valence-electron chi connectivity index (χ4n) is 4.64. The summed E-state index contributed by atoms with van der Waals surface area (Å²) in [5.74, 6) is -0.229. The van der Waals surface area contributed by atoms with Gasteiger partial charge in [0.2, 0.25) is 5.91 Å². The van der Waals surface area contributed by atoms with Crippen LogP contribution in [0, 0.1) is 0 Å². The summed E-state index contributed by atoms with van der Waals surface area (Å²) in [6, 6.07) is 17.6. The van der Waals surface area contributed by atoms with Crippen molar-refractivity contribution in [2.24, 2.45) is 0 Å². The van der Waals surface area contributed by atoms with E-state index in [1.54, 1.807) is 0 Å². The summed E-state index contributed by atoms with van der Waals surface area (Å²) in [6.07, 6.45) is 2.13. The molecule has 32 heavy (non-hydrogen) atoms. The topological polar surface area (TPSA) is 81.7 Å². The summed E-state index contributed by atoms with van der Waals surface area (Å²) in [4.78, 5) is 26.6. The van der Waals surface area contributed by atoms with Crippen molar-refractivity contribution in [2.75, 3.05) is 20.6 Å². The summed E-state index contributed by atoms with van der Waals surface area (Å²) in [5, 5.41) is 16.7. The second kappa shape index (κ2) is 10.7. The van der Waals surface area contributed by atoms with Crippen LogP contribution in [0.2, 0.25) is 0 Å². The van der Waals surface area contributed by atoms with Gasteiger partial charge >= 0.3 is 0 Å². The highest BCUT2D eigenvalue weighted by Crippen LogP contribution is 2.38. The molecule has 6 heteroatoms. The third kappa shape index (κ3) is 6.17. The Kier molecular flexibility index (Phi) is 8.04. The number of aliphatic hydroxyl groups is 1. The summed E-state index contributed by atoms with van der Waals surface area (Å²) < 4.78 is 0. The van der Waals surface area contributed by atoms with E-state index >= 15 is 0 Å². The van der Waals surface area contributed by atoms with Crippen molar-refractivity contribution >= 4 is 11.8 Å². The molecule has 1 fully saturated rings. The van der Waals surface area contributed by atoms with Crippen LogP contribution in [-0.2, 0) is 16.8 Å². The lowest BCUT2D eigenvalue weighted by atomic mass is 9.74. The lowest BCUT2D eigenvalue weighted by molar-refractivity contribution is -0.120. The standard InChI is InChI=1S/C26H35N3O3/c1-19(30)28-23-13-15-26(16-14-24(23)31,22-7-5-4-6-8-22)18-27-25(32)21-11-9-20(10-12-21)17-29(2)3/h4-12,23-24,31H,13-18H2,1-3H3,(H,27,32)(H,28,30)/t23-,24-,26-/m0/s1. The zero-order valence-corrected chi connectivity index (χ0v) is 19.3. The molecule has 172 valence electrons. The van der Waals surface area contributed by atoms with E-state index in [1.165, 1.54) is 6.92 Å². The first-order valence-electron chi connectivity index (χ1n) is 11.3. The molecule has 2 amide bonds. The number of rotatable bonds is 7. The molecule has 2 aromatic carbocycles. The Morgan fingerprint density at radius 3 is 2.31 bits per heavy atom. The fourth-order valence-corrected chi connectivity index (χ4v) is 4.64. The van der Waals surface area contributed by atoms with Gasteiger partial charge in [0.15, 0.2) is 0 Å². The molecule has 1 aliphatic carbocycles. The Balaban J connectivity index is 1.75. The van der Waals surface area contributed by atoms with Gasteiger partial charge in [-0.25, -0.2) is 0 Å². The minimum atomic E-state index is -0.593. The van der Waals surface area contributed by atoms with Crippen molar-refractivity contribution in [3.63, 3.8) is 0 Å². The summed E-state index contributed by atoms with van der Waals surface area (Å²) in [5.41, 5.74) is 2.66. The molecule has 0 unspecified atom stereocenters. The second-order valence-corrected chi connectivity index (χ2v) is 9.22. The maximum absolute atomic E-state index is 12.9. The van der Waals surface area contributed by atoms with E-state index in [-0.39, 0.29) is 23.3 Å². The second-order valence-electron chi connectivity index (χ2n) is 9.22. The molecule has 3 N–H and O–H groups in total. The number of carbonyl (C=O) groups excluding carboxylic acids is 2. The predicted molar refractivity (Wildman–Crippen MR) is 126 cm³/mol. The number of benzene rings is 2. The molecule has 6 nitrogen and oxygen atoms in total. The number of nitrogens with zero attached hydrogens (tertiary/aromatic N) is 1. The van der Waals surface area contributed by atoms with E-state index in [2.05, 4.69) is 27.7 Å². The van der Waals surface area contributed by atoms with E-state index in [9.17, 15) is 14.7 Å². The SMILES string of the molecule is CC(=O)N[C@H]1CC[C@](CNC(=O)c2ccc(CN(C)C)cc2)(c2ccccc2)CC[C@@H]1O. The molecule has 0 spiro atoms. The van der Waals surface area contributed by atoms with Gasteiger partial charge in [0.25, 0.3) is 5.91 Å². The number of aliphatic hydroxyl groups excluding tert-OH is 1. The van der Waals surface area contributed by atoms with E-state index in [0.29, 0.717) is 24.9 Å². The highest BCUT2D eigenvalue weighted by atomic mass is 16.3. The normalized spacial score (nSPS) is 23.4. The van der Waals surface area contributed by atoms with Crippen LogP contribution in [0.25, 0.3) is 0 Å².